The highest BCUT2D eigenvalue weighted by Gasteiger charge is 2.20. The molecule has 0 bridgehead atoms. The van der Waals surface area contributed by atoms with Crippen molar-refractivity contribution in [3.8, 4) is 5.75 Å². The highest BCUT2D eigenvalue weighted by atomic mass is 32.2. The van der Waals surface area contributed by atoms with Gasteiger partial charge in [-0.05, 0) is 55.7 Å². The summed E-state index contributed by atoms with van der Waals surface area (Å²) in [4.78, 5) is 16.4. The second kappa shape index (κ2) is 8.41. The standard InChI is InChI=1S/C19H23N3O4S/c1-2-26-16-9-11-17(12-10-16)27(24,25)21-20-19(23)14-22-13-5-7-15-6-3-4-8-18(15)22/h3-4,6,8-12,21H,2,5,7,13-14H2,1H3,(H,20,23). The van der Waals surface area contributed by atoms with Gasteiger partial charge in [0.05, 0.1) is 18.0 Å². The minimum Gasteiger partial charge on any atom is -0.494 e. The molecule has 0 spiro atoms. The highest BCUT2D eigenvalue weighted by Crippen LogP contribution is 2.26. The van der Waals surface area contributed by atoms with Crippen LogP contribution in [-0.4, -0.2) is 34.0 Å². The molecule has 0 saturated carbocycles. The number of hydrazine groups is 1. The predicted octanol–water partition coefficient (Wildman–Crippen LogP) is 1.85. The van der Waals surface area contributed by atoms with E-state index in [0.717, 1.165) is 25.1 Å². The maximum absolute atomic E-state index is 12.3. The Morgan fingerprint density at radius 3 is 2.63 bits per heavy atom. The molecule has 7 nitrogen and oxygen atoms in total. The zero-order valence-electron chi connectivity index (χ0n) is 15.1. The summed E-state index contributed by atoms with van der Waals surface area (Å²) in [6.07, 6.45) is 1.95. The zero-order chi connectivity index (χ0) is 19.3. The van der Waals surface area contributed by atoms with E-state index in [1.807, 2.05) is 36.1 Å². The Hall–Kier alpha value is -2.58. The molecule has 1 aliphatic rings. The fourth-order valence-electron chi connectivity index (χ4n) is 3.05. The number of ether oxygens (including phenoxy) is 1. The molecular formula is C19H23N3O4S. The number of nitrogens with one attached hydrogen (secondary N) is 2. The van der Waals surface area contributed by atoms with Crippen molar-refractivity contribution < 1.29 is 17.9 Å². The van der Waals surface area contributed by atoms with Gasteiger partial charge in [0.1, 0.15) is 5.75 Å². The van der Waals surface area contributed by atoms with Gasteiger partial charge < -0.3 is 9.64 Å². The number of anilines is 1. The van der Waals surface area contributed by atoms with Crippen LogP contribution in [-0.2, 0) is 21.2 Å². The number of fused-ring (bicyclic) bond motifs is 1. The topological polar surface area (TPSA) is 87.7 Å². The van der Waals surface area contributed by atoms with Crippen LogP contribution in [0.3, 0.4) is 0 Å². The molecule has 0 aliphatic carbocycles. The van der Waals surface area contributed by atoms with Gasteiger partial charge in [-0.3, -0.25) is 10.2 Å². The number of benzene rings is 2. The molecule has 2 aromatic carbocycles. The summed E-state index contributed by atoms with van der Waals surface area (Å²) in [6.45, 7) is 3.20. The first kappa shape index (κ1) is 19.2. The van der Waals surface area contributed by atoms with E-state index in [1.54, 1.807) is 12.1 Å². The number of carbonyl (C=O) groups is 1. The van der Waals surface area contributed by atoms with Crippen molar-refractivity contribution in [3.63, 3.8) is 0 Å². The van der Waals surface area contributed by atoms with Gasteiger partial charge in [-0.1, -0.05) is 18.2 Å². The summed E-state index contributed by atoms with van der Waals surface area (Å²) < 4.78 is 29.9. The summed E-state index contributed by atoms with van der Waals surface area (Å²) in [6, 6.07) is 14.0. The molecule has 3 rings (SSSR count). The minimum atomic E-state index is -3.84. The monoisotopic (exact) mass is 389 g/mol. The van der Waals surface area contributed by atoms with E-state index < -0.39 is 15.9 Å². The third-order valence-electron chi connectivity index (χ3n) is 4.31. The summed E-state index contributed by atoms with van der Waals surface area (Å²) in [5.41, 5.74) is 4.51. The molecule has 0 radical (unpaired) electrons. The van der Waals surface area contributed by atoms with Crippen molar-refractivity contribution in [2.75, 3.05) is 24.6 Å². The first-order chi connectivity index (χ1) is 13.0. The molecule has 27 heavy (non-hydrogen) atoms. The van der Waals surface area contributed by atoms with Crippen molar-refractivity contribution in [1.29, 1.82) is 0 Å². The van der Waals surface area contributed by atoms with E-state index in [9.17, 15) is 13.2 Å². The lowest BCUT2D eigenvalue weighted by Gasteiger charge is -2.30. The summed E-state index contributed by atoms with van der Waals surface area (Å²) in [5, 5.41) is 0. The lowest BCUT2D eigenvalue weighted by molar-refractivity contribution is -0.120. The largest absolute Gasteiger partial charge is 0.494 e. The van der Waals surface area contributed by atoms with Gasteiger partial charge in [-0.15, -0.1) is 4.83 Å². The van der Waals surface area contributed by atoms with Gasteiger partial charge in [-0.25, -0.2) is 8.42 Å². The molecule has 144 valence electrons. The second-order valence-corrected chi connectivity index (χ2v) is 7.89. The van der Waals surface area contributed by atoms with E-state index in [1.165, 1.54) is 17.7 Å². The Balaban J connectivity index is 1.59. The number of amides is 1. The number of carbonyl (C=O) groups excluding carboxylic acids is 1. The van der Waals surface area contributed by atoms with Crippen molar-refractivity contribution in [3.05, 3.63) is 54.1 Å². The molecule has 2 aromatic rings. The van der Waals surface area contributed by atoms with Gasteiger partial charge in [0.15, 0.2) is 0 Å². The van der Waals surface area contributed by atoms with Crippen LogP contribution in [0.1, 0.15) is 18.9 Å². The Morgan fingerprint density at radius 1 is 1.15 bits per heavy atom. The maximum atomic E-state index is 12.3. The van der Waals surface area contributed by atoms with Crippen molar-refractivity contribution >= 4 is 21.6 Å². The lowest BCUT2D eigenvalue weighted by atomic mass is 10.0. The number of aryl methyl sites for hydroxylation is 1. The Labute approximate surface area is 159 Å². The number of rotatable bonds is 7. The van der Waals surface area contributed by atoms with Gasteiger partial charge in [-0.2, -0.15) is 0 Å². The molecule has 8 heteroatoms. The first-order valence-corrected chi connectivity index (χ1v) is 10.3. The van der Waals surface area contributed by atoms with Crippen LogP contribution in [0.25, 0.3) is 0 Å². The molecule has 1 amide bonds. The number of hydrogen-bond donors (Lipinski definition) is 2. The quantitative estimate of drug-likeness (QED) is 0.706. The third-order valence-corrected chi connectivity index (χ3v) is 5.57. The molecule has 2 N–H and O–H groups in total. The smallest absolute Gasteiger partial charge is 0.257 e. The molecule has 0 aromatic heterocycles. The Morgan fingerprint density at radius 2 is 1.89 bits per heavy atom. The van der Waals surface area contributed by atoms with Crippen LogP contribution in [0.5, 0.6) is 5.75 Å². The molecule has 1 heterocycles. The molecule has 0 unspecified atom stereocenters. The van der Waals surface area contributed by atoms with Crippen LogP contribution >= 0.6 is 0 Å². The molecular weight excluding hydrogens is 366 g/mol. The number of sulfonamides is 1. The van der Waals surface area contributed by atoms with Crippen molar-refractivity contribution in [2.24, 2.45) is 0 Å². The summed E-state index contributed by atoms with van der Waals surface area (Å²) >= 11 is 0. The van der Waals surface area contributed by atoms with E-state index in [-0.39, 0.29) is 11.4 Å². The maximum Gasteiger partial charge on any atom is 0.257 e. The van der Waals surface area contributed by atoms with Gasteiger partial charge in [0.25, 0.3) is 15.9 Å². The average Bonchev–Trinajstić information content (AvgIpc) is 2.68. The van der Waals surface area contributed by atoms with E-state index >= 15 is 0 Å². The van der Waals surface area contributed by atoms with Crippen LogP contribution < -0.4 is 19.9 Å². The minimum absolute atomic E-state index is 0.0505. The van der Waals surface area contributed by atoms with Crippen LogP contribution in [0.4, 0.5) is 5.69 Å². The number of nitrogens with zero attached hydrogens (tertiary/aromatic N) is 1. The number of para-hydroxylation sites is 1. The zero-order valence-corrected chi connectivity index (χ0v) is 16.0. The van der Waals surface area contributed by atoms with Crippen LogP contribution in [0.2, 0.25) is 0 Å². The second-order valence-electron chi connectivity index (χ2n) is 6.21. The molecule has 0 fully saturated rings. The Kier molecular flexibility index (Phi) is 5.98. The Bertz CT molecular complexity index is 897. The normalized spacial score (nSPS) is 13.7. The van der Waals surface area contributed by atoms with Crippen molar-refractivity contribution in [2.45, 2.75) is 24.7 Å². The fraction of sp³-hybridized carbons (Fsp3) is 0.316. The summed E-state index contributed by atoms with van der Waals surface area (Å²) in [7, 11) is -3.84. The predicted molar refractivity (Wildman–Crippen MR) is 103 cm³/mol. The highest BCUT2D eigenvalue weighted by molar-refractivity contribution is 7.89. The molecule has 0 atom stereocenters. The number of hydrogen-bond acceptors (Lipinski definition) is 5. The van der Waals surface area contributed by atoms with Crippen LogP contribution in [0, 0.1) is 0 Å². The SMILES string of the molecule is CCOc1ccc(S(=O)(=O)NNC(=O)CN2CCCc3ccccc32)cc1. The van der Waals surface area contributed by atoms with E-state index in [0.29, 0.717) is 12.4 Å². The fourth-order valence-corrected chi connectivity index (χ4v) is 3.91. The summed E-state index contributed by atoms with van der Waals surface area (Å²) in [5.74, 6) is 0.172. The van der Waals surface area contributed by atoms with Gasteiger partial charge >= 0.3 is 0 Å². The third kappa shape index (κ3) is 4.78. The van der Waals surface area contributed by atoms with Crippen LogP contribution in [0.15, 0.2) is 53.4 Å². The van der Waals surface area contributed by atoms with Gasteiger partial charge in [0, 0.05) is 12.2 Å². The molecule has 0 saturated heterocycles. The lowest BCUT2D eigenvalue weighted by Crippen LogP contribution is -2.47. The molecule has 1 aliphatic heterocycles. The van der Waals surface area contributed by atoms with Crippen molar-refractivity contribution in [1.82, 2.24) is 10.3 Å². The van der Waals surface area contributed by atoms with Gasteiger partial charge in [0.2, 0.25) is 0 Å². The first-order valence-electron chi connectivity index (χ1n) is 8.86. The van der Waals surface area contributed by atoms with E-state index in [2.05, 4.69) is 10.3 Å². The van der Waals surface area contributed by atoms with E-state index in [4.69, 9.17) is 4.74 Å². The average molecular weight is 389 g/mol.